The van der Waals surface area contributed by atoms with E-state index in [1.54, 1.807) is 25.3 Å². The minimum atomic E-state index is -0.145. The summed E-state index contributed by atoms with van der Waals surface area (Å²) in [5, 5.41) is 2.83. The van der Waals surface area contributed by atoms with Crippen molar-refractivity contribution in [3.8, 4) is 11.5 Å². The molecule has 0 aliphatic carbocycles. The van der Waals surface area contributed by atoms with Gasteiger partial charge in [-0.2, -0.15) is 0 Å². The zero-order chi connectivity index (χ0) is 19.1. The third-order valence-electron chi connectivity index (χ3n) is 4.05. The fraction of sp³-hybridized carbons (Fsp3) is 0.333. The Balaban J connectivity index is 1.87. The van der Waals surface area contributed by atoms with Crippen molar-refractivity contribution in [2.45, 2.75) is 27.2 Å². The van der Waals surface area contributed by atoms with E-state index in [4.69, 9.17) is 9.47 Å². The van der Waals surface area contributed by atoms with Crippen LogP contribution in [0.25, 0.3) is 0 Å². The van der Waals surface area contributed by atoms with Crippen LogP contribution in [-0.2, 0) is 11.2 Å². The minimum absolute atomic E-state index is 0.0452. The van der Waals surface area contributed by atoms with Crippen LogP contribution in [0.2, 0.25) is 0 Å². The number of nitrogens with one attached hydrogen (secondary N) is 1. The monoisotopic (exact) mass is 355 g/mol. The molecule has 5 heteroatoms. The molecule has 0 fully saturated rings. The van der Waals surface area contributed by atoms with Crippen molar-refractivity contribution in [1.29, 1.82) is 0 Å². The molecule has 0 saturated carbocycles. The van der Waals surface area contributed by atoms with Crippen molar-refractivity contribution in [3.63, 3.8) is 0 Å². The highest BCUT2D eigenvalue weighted by atomic mass is 16.5. The molecule has 26 heavy (non-hydrogen) atoms. The molecule has 1 N–H and O–H groups in total. The van der Waals surface area contributed by atoms with E-state index >= 15 is 0 Å². The average Bonchev–Trinajstić information content (AvgIpc) is 2.60. The van der Waals surface area contributed by atoms with E-state index < -0.39 is 0 Å². The number of hydrogen-bond acceptors (Lipinski definition) is 4. The average molecular weight is 355 g/mol. The van der Waals surface area contributed by atoms with Crippen LogP contribution in [0.15, 0.2) is 36.4 Å². The first-order valence-electron chi connectivity index (χ1n) is 8.55. The van der Waals surface area contributed by atoms with Gasteiger partial charge in [0.2, 0.25) is 5.91 Å². The van der Waals surface area contributed by atoms with Crippen LogP contribution >= 0.6 is 0 Å². The first-order chi connectivity index (χ1) is 12.4. The molecule has 0 radical (unpaired) electrons. The van der Waals surface area contributed by atoms with Gasteiger partial charge in [0.25, 0.3) is 0 Å². The van der Waals surface area contributed by atoms with Crippen molar-refractivity contribution in [2.75, 3.05) is 20.3 Å². The van der Waals surface area contributed by atoms with Crippen LogP contribution in [0.1, 0.15) is 34.0 Å². The van der Waals surface area contributed by atoms with Crippen LogP contribution < -0.4 is 14.8 Å². The largest absolute Gasteiger partial charge is 0.496 e. The maximum Gasteiger partial charge on any atom is 0.224 e. The van der Waals surface area contributed by atoms with Crippen molar-refractivity contribution in [1.82, 2.24) is 5.32 Å². The maximum atomic E-state index is 12.2. The summed E-state index contributed by atoms with van der Waals surface area (Å²) in [6, 6.07) is 11.1. The van der Waals surface area contributed by atoms with Gasteiger partial charge < -0.3 is 14.8 Å². The molecule has 138 valence electrons. The van der Waals surface area contributed by atoms with E-state index in [0.717, 1.165) is 11.3 Å². The predicted octanol–water partition coefficient (Wildman–Crippen LogP) is 3.25. The summed E-state index contributed by atoms with van der Waals surface area (Å²) in [7, 11) is 1.54. The van der Waals surface area contributed by atoms with Crippen molar-refractivity contribution < 1.29 is 19.1 Å². The molecule has 0 bridgehead atoms. The highest BCUT2D eigenvalue weighted by molar-refractivity contribution is 5.94. The number of benzene rings is 2. The lowest BCUT2D eigenvalue weighted by atomic mass is 10.0. The SMILES string of the molecule is COc1ccc(C(C)=O)cc1CC(=O)NCCOc1ccc(C)cc1C. The number of aryl methyl sites for hydroxylation is 2. The zero-order valence-electron chi connectivity index (χ0n) is 15.7. The molecule has 0 aliphatic heterocycles. The molecule has 1 amide bonds. The zero-order valence-corrected chi connectivity index (χ0v) is 15.7. The van der Waals surface area contributed by atoms with Gasteiger partial charge in [0.05, 0.1) is 20.1 Å². The van der Waals surface area contributed by atoms with E-state index in [-0.39, 0.29) is 18.1 Å². The first-order valence-corrected chi connectivity index (χ1v) is 8.55. The van der Waals surface area contributed by atoms with Crippen LogP contribution in [0, 0.1) is 13.8 Å². The van der Waals surface area contributed by atoms with Gasteiger partial charge in [-0.25, -0.2) is 0 Å². The number of hydrogen-bond donors (Lipinski definition) is 1. The summed E-state index contributed by atoms with van der Waals surface area (Å²) in [5.41, 5.74) is 3.51. The number of amides is 1. The summed E-state index contributed by atoms with van der Waals surface area (Å²) in [6.45, 7) is 6.32. The normalized spacial score (nSPS) is 10.3. The molecule has 5 nitrogen and oxygen atoms in total. The Morgan fingerprint density at radius 3 is 2.42 bits per heavy atom. The van der Waals surface area contributed by atoms with Crippen molar-refractivity contribution in [2.24, 2.45) is 0 Å². The molecule has 0 unspecified atom stereocenters. The minimum Gasteiger partial charge on any atom is -0.496 e. The first kappa shape index (κ1) is 19.5. The lowest BCUT2D eigenvalue weighted by Gasteiger charge is -2.12. The lowest BCUT2D eigenvalue weighted by molar-refractivity contribution is -0.120. The number of ether oxygens (including phenoxy) is 2. The van der Waals surface area contributed by atoms with Gasteiger partial charge in [0.1, 0.15) is 18.1 Å². The molecule has 0 aromatic heterocycles. The molecule has 0 heterocycles. The van der Waals surface area contributed by atoms with E-state index in [1.165, 1.54) is 12.5 Å². The second-order valence-electron chi connectivity index (χ2n) is 6.23. The van der Waals surface area contributed by atoms with Crippen molar-refractivity contribution >= 4 is 11.7 Å². The molecule has 0 aliphatic rings. The Kier molecular flexibility index (Phi) is 6.78. The van der Waals surface area contributed by atoms with E-state index in [9.17, 15) is 9.59 Å². The summed E-state index contributed by atoms with van der Waals surface area (Å²) < 4.78 is 11.0. The number of carbonyl (C=O) groups is 2. The predicted molar refractivity (Wildman–Crippen MR) is 101 cm³/mol. The number of methoxy groups -OCH3 is 1. The molecule has 2 aromatic carbocycles. The Bertz CT molecular complexity index is 799. The van der Waals surface area contributed by atoms with Gasteiger partial charge >= 0.3 is 0 Å². The molecular weight excluding hydrogens is 330 g/mol. The summed E-state index contributed by atoms with van der Waals surface area (Å²) in [4.78, 5) is 23.7. The summed E-state index contributed by atoms with van der Waals surface area (Å²) >= 11 is 0. The Morgan fingerprint density at radius 1 is 1.04 bits per heavy atom. The maximum absolute atomic E-state index is 12.2. The highest BCUT2D eigenvalue weighted by Crippen LogP contribution is 2.21. The fourth-order valence-corrected chi connectivity index (χ4v) is 2.68. The van der Waals surface area contributed by atoms with Crippen LogP contribution in [-0.4, -0.2) is 32.0 Å². The number of rotatable bonds is 8. The van der Waals surface area contributed by atoms with E-state index in [0.29, 0.717) is 30.0 Å². The molecule has 0 saturated heterocycles. The van der Waals surface area contributed by atoms with Gasteiger partial charge in [-0.15, -0.1) is 0 Å². The van der Waals surface area contributed by atoms with E-state index in [2.05, 4.69) is 11.4 Å². The third-order valence-corrected chi connectivity index (χ3v) is 4.05. The Hall–Kier alpha value is -2.82. The molecule has 0 atom stereocenters. The summed E-state index contributed by atoms with van der Waals surface area (Å²) in [5.74, 6) is 1.22. The molecule has 2 rings (SSSR count). The smallest absolute Gasteiger partial charge is 0.224 e. The molecular formula is C21H25NO4. The van der Waals surface area contributed by atoms with Gasteiger partial charge in [-0.3, -0.25) is 9.59 Å². The van der Waals surface area contributed by atoms with Gasteiger partial charge in [0.15, 0.2) is 5.78 Å². The van der Waals surface area contributed by atoms with Crippen LogP contribution in [0.3, 0.4) is 0 Å². The van der Waals surface area contributed by atoms with E-state index in [1.807, 2.05) is 26.0 Å². The number of ketones is 1. The van der Waals surface area contributed by atoms with Crippen molar-refractivity contribution in [3.05, 3.63) is 58.7 Å². The second kappa shape index (κ2) is 9.04. The van der Waals surface area contributed by atoms with Gasteiger partial charge in [-0.1, -0.05) is 17.7 Å². The number of carbonyl (C=O) groups excluding carboxylic acids is 2. The summed E-state index contributed by atoms with van der Waals surface area (Å²) in [6.07, 6.45) is 0.147. The highest BCUT2D eigenvalue weighted by Gasteiger charge is 2.11. The second-order valence-corrected chi connectivity index (χ2v) is 6.23. The fourth-order valence-electron chi connectivity index (χ4n) is 2.68. The van der Waals surface area contributed by atoms with Gasteiger partial charge in [-0.05, 0) is 50.6 Å². The topological polar surface area (TPSA) is 64.6 Å². The van der Waals surface area contributed by atoms with Crippen LogP contribution in [0.4, 0.5) is 0 Å². The Morgan fingerprint density at radius 2 is 1.77 bits per heavy atom. The van der Waals surface area contributed by atoms with Gasteiger partial charge in [0, 0.05) is 11.1 Å². The molecule has 2 aromatic rings. The Labute approximate surface area is 154 Å². The quantitative estimate of drug-likeness (QED) is 0.583. The lowest BCUT2D eigenvalue weighted by Crippen LogP contribution is -2.29. The molecule has 0 spiro atoms. The standard InChI is InChI=1S/C21H25NO4/c1-14-5-7-19(15(2)11-14)26-10-9-22-21(24)13-18-12-17(16(3)23)6-8-20(18)25-4/h5-8,11-12H,9-10,13H2,1-4H3,(H,22,24). The van der Waals surface area contributed by atoms with Crippen LogP contribution in [0.5, 0.6) is 11.5 Å². The number of Topliss-reactive ketones (excluding diaryl/α,β-unsaturated/α-hetero) is 1. The third kappa shape index (κ3) is 5.34.